The first-order valence-electron chi connectivity index (χ1n) is 10.5. The maximum absolute atomic E-state index is 12.4. The highest BCUT2D eigenvalue weighted by Gasteiger charge is 2.42. The largest absolute Gasteiger partial charge is 0.599 e. The van der Waals surface area contributed by atoms with E-state index in [4.69, 9.17) is 14.2 Å². The molecule has 0 bridgehead atoms. The van der Waals surface area contributed by atoms with E-state index in [2.05, 4.69) is 0 Å². The van der Waals surface area contributed by atoms with Crippen molar-refractivity contribution < 1.29 is 28.7 Å². The van der Waals surface area contributed by atoms with Crippen LogP contribution in [0.4, 0.5) is 4.79 Å². The summed E-state index contributed by atoms with van der Waals surface area (Å²) in [4.78, 5) is 12.4. The normalized spacial score (nSPS) is 17.0. The van der Waals surface area contributed by atoms with Crippen molar-refractivity contribution in [2.24, 2.45) is 0 Å². The maximum atomic E-state index is 12.4. The second-order valence-corrected chi connectivity index (χ2v) is 7.63. The highest BCUT2D eigenvalue weighted by molar-refractivity contribution is 5.79. The predicted octanol–water partition coefficient (Wildman–Crippen LogP) is 4.55. The molecule has 3 aromatic carbocycles. The summed E-state index contributed by atoms with van der Waals surface area (Å²) in [5.41, 5.74) is 2.85. The molecule has 1 amide bonds. The molecule has 3 aromatic rings. The number of rotatable bonds is 8. The van der Waals surface area contributed by atoms with Gasteiger partial charge in [0.1, 0.15) is 18.1 Å². The van der Waals surface area contributed by atoms with Gasteiger partial charge in [0.25, 0.3) is 0 Å². The van der Waals surface area contributed by atoms with Gasteiger partial charge in [-0.3, -0.25) is 0 Å². The van der Waals surface area contributed by atoms with Crippen molar-refractivity contribution in [1.82, 2.24) is 0 Å². The number of hydrogen-bond acceptors (Lipinski definition) is 4. The van der Waals surface area contributed by atoms with Gasteiger partial charge in [0.15, 0.2) is 6.61 Å². The number of ether oxygens (including phenoxy) is 3. The van der Waals surface area contributed by atoms with Crippen LogP contribution >= 0.6 is 0 Å². The van der Waals surface area contributed by atoms with Gasteiger partial charge >= 0.3 is 12.0 Å². The van der Waals surface area contributed by atoms with E-state index in [1.807, 2.05) is 72.8 Å². The Kier molecular flexibility index (Phi) is 6.70. The van der Waals surface area contributed by atoms with E-state index in [-0.39, 0.29) is 25.0 Å². The Balaban J connectivity index is 1.57. The van der Waals surface area contributed by atoms with Crippen molar-refractivity contribution in [3.63, 3.8) is 0 Å². The van der Waals surface area contributed by atoms with Crippen molar-refractivity contribution in [2.45, 2.75) is 25.5 Å². The number of cyclic esters (lactones) is 1. The Morgan fingerprint density at radius 2 is 1.72 bits per heavy atom. The van der Waals surface area contributed by atoms with Crippen molar-refractivity contribution in [3.05, 3.63) is 95.6 Å². The third-order valence-electron chi connectivity index (χ3n) is 5.41. The van der Waals surface area contributed by atoms with Gasteiger partial charge < -0.3 is 19.3 Å². The summed E-state index contributed by atoms with van der Waals surface area (Å²) in [5.74, 6) is 1.17. The van der Waals surface area contributed by atoms with E-state index in [1.165, 1.54) is 4.58 Å². The molecule has 4 rings (SSSR count). The summed E-state index contributed by atoms with van der Waals surface area (Å²) >= 11 is 0. The maximum Gasteiger partial charge on any atom is 0.599 e. The topological polar surface area (TPSA) is 68.0 Å². The molecular weight excluding hydrogens is 406 g/mol. The van der Waals surface area contributed by atoms with Crippen LogP contribution in [0.25, 0.3) is 0 Å². The van der Waals surface area contributed by atoms with Crippen LogP contribution in [0.1, 0.15) is 16.7 Å². The minimum Gasteiger partial charge on any atom is -0.497 e. The summed E-state index contributed by atoms with van der Waals surface area (Å²) in [6.07, 6.45) is 0.189. The van der Waals surface area contributed by atoms with Gasteiger partial charge in [-0.2, -0.15) is 4.79 Å². The number of hydrogen-bond donors (Lipinski definition) is 1. The van der Waals surface area contributed by atoms with Crippen molar-refractivity contribution >= 4 is 12.0 Å². The van der Waals surface area contributed by atoms with Gasteiger partial charge in [-0.25, -0.2) is 0 Å². The predicted molar refractivity (Wildman–Crippen MR) is 121 cm³/mol. The quantitative estimate of drug-likeness (QED) is 0.418. The summed E-state index contributed by atoms with van der Waals surface area (Å²) in [6.45, 7) is 0.613. The second-order valence-electron chi connectivity index (χ2n) is 7.63. The Morgan fingerprint density at radius 3 is 2.41 bits per heavy atom. The first kappa shape index (κ1) is 21.4. The van der Waals surface area contributed by atoms with Crippen LogP contribution in [-0.2, 0) is 24.2 Å². The lowest BCUT2D eigenvalue weighted by Gasteiger charge is -2.13. The van der Waals surface area contributed by atoms with Gasteiger partial charge in [0.05, 0.1) is 13.5 Å². The minimum absolute atomic E-state index is 0.0665. The van der Waals surface area contributed by atoms with E-state index in [1.54, 1.807) is 13.2 Å². The fraction of sp³-hybridized carbons (Fsp3) is 0.231. The molecule has 1 heterocycles. The molecule has 1 aliphatic rings. The lowest BCUT2D eigenvalue weighted by Crippen LogP contribution is -2.33. The Bertz CT molecular complexity index is 1100. The monoisotopic (exact) mass is 432 g/mol. The smallest absolute Gasteiger partial charge is 0.497 e. The zero-order valence-electron chi connectivity index (χ0n) is 17.9. The molecule has 1 fully saturated rings. The zero-order chi connectivity index (χ0) is 22.3. The van der Waals surface area contributed by atoms with Crippen molar-refractivity contribution in [1.29, 1.82) is 0 Å². The van der Waals surface area contributed by atoms with E-state index in [0.717, 1.165) is 16.7 Å². The van der Waals surface area contributed by atoms with E-state index in [9.17, 15) is 9.90 Å². The molecule has 0 aliphatic carbocycles. The number of carbonyl (C=O) groups excluding carboxylic acids is 1. The molecule has 1 N–H and O–H groups in total. The molecule has 1 saturated heterocycles. The van der Waals surface area contributed by atoms with Gasteiger partial charge in [-0.1, -0.05) is 71.3 Å². The molecule has 0 saturated carbocycles. The van der Waals surface area contributed by atoms with Crippen LogP contribution < -0.4 is 9.47 Å². The fourth-order valence-corrected chi connectivity index (χ4v) is 3.75. The second kappa shape index (κ2) is 10.0. The molecule has 1 aliphatic heterocycles. The Morgan fingerprint density at radius 1 is 1.03 bits per heavy atom. The zero-order valence-corrected chi connectivity index (χ0v) is 17.9. The summed E-state index contributed by atoms with van der Waals surface area (Å²) in [5, 5.41) is 10.9. The summed E-state index contributed by atoms with van der Waals surface area (Å²) in [6, 6.07) is 24.8. The summed E-state index contributed by atoms with van der Waals surface area (Å²) < 4.78 is 18.0. The Labute approximate surface area is 187 Å². The Hall–Kier alpha value is -3.80. The third kappa shape index (κ3) is 5.09. The van der Waals surface area contributed by atoms with Crippen LogP contribution in [-0.4, -0.2) is 41.4 Å². The van der Waals surface area contributed by atoms with Gasteiger partial charge in [0.2, 0.25) is 6.04 Å². The number of carbonyl (C=O) groups is 1. The van der Waals surface area contributed by atoms with E-state index < -0.39 is 6.09 Å². The average molecular weight is 432 g/mol. The van der Waals surface area contributed by atoms with Crippen LogP contribution in [0.15, 0.2) is 78.9 Å². The number of amides is 1. The molecule has 0 spiro atoms. The lowest BCUT2D eigenvalue weighted by molar-refractivity contribution is -0.464. The molecule has 6 heteroatoms. The first-order chi connectivity index (χ1) is 15.6. The van der Waals surface area contributed by atoms with E-state index >= 15 is 0 Å². The van der Waals surface area contributed by atoms with Gasteiger partial charge in [-0.05, 0) is 17.2 Å². The van der Waals surface area contributed by atoms with Gasteiger partial charge in [0, 0.05) is 18.1 Å². The summed E-state index contributed by atoms with van der Waals surface area (Å²) in [7, 11) is 1.59. The van der Waals surface area contributed by atoms with Crippen molar-refractivity contribution in [2.75, 3.05) is 13.7 Å². The number of aliphatic hydroxyl groups excluding tert-OH is 1. The first-order valence-corrected chi connectivity index (χ1v) is 10.5. The molecule has 0 radical (unpaired) electrons. The molecular formula is C26H26NO5+. The molecule has 0 unspecified atom stereocenters. The number of benzene rings is 3. The molecule has 6 nitrogen and oxygen atoms in total. The van der Waals surface area contributed by atoms with Crippen molar-refractivity contribution in [3.8, 4) is 11.5 Å². The third-order valence-corrected chi connectivity index (χ3v) is 5.41. The van der Waals surface area contributed by atoms with Crippen LogP contribution in [0, 0.1) is 0 Å². The lowest BCUT2D eigenvalue weighted by atomic mass is 10.1. The highest BCUT2D eigenvalue weighted by Crippen LogP contribution is 2.27. The minimum atomic E-state index is -0.538. The van der Waals surface area contributed by atoms with Crippen LogP contribution in [0.3, 0.4) is 0 Å². The fourth-order valence-electron chi connectivity index (χ4n) is 3.75. The molecule has 32 heavy (non-hydrogen) atoms. The molecule has 0 aromatic heterocycles. The SMILES string of the molecule is COc1ccc(CC(O)=[N+]2C(=O)OC[C@H]2Cc2ccccc2)c(OCc2ccccc2)c1. The standard InChI is InChI=1S/C26H25NO5/c1-30-23-13-12-21(24(16-23)31-17-20-10-6-3-7-11-20)15-25(28)27-22(18-32-26(27)29)14-19-8-4-2-5-9-19/h2-13,16,22H,14-15,17-18H2,1H3/p+1/t22-/m1/s1. The van der Waals surface area contributed by atoms with Crippen LogP contribution in [0.2, 0.25) is 0 Å². The number of aliphatic hydroxyl groups is 1. The molecule has 1 atom stereocenters. The molecule has 164 valence electrons. The highest BCUT2D eigenvalue weighted by atomic mass is 16.6. The average Bonchev–Trinajstić information content (AvgIpc) is 3.19. The van der Waals surface area contributed by atoms with Gasteiger partial charge in [-0.15, -0.1) is 0 Å². The van der Waals surface area contributed by atoms with E-state index in [0.29, 0.717) is 24.5 Å². The number of nitrogens with zero attached hydrogens (tertiary/aromatic N) is 1. The van der Waals surface area contributed by atoms with Crippen LogP contribution in [0.5, 0.6) is 11.5 Å². The number of methoxy groups -OCH3 is 1.